The Labute approximate surface area is 356 Å². The number of fused-ring (bicyclic) bond motifs is 4. The van der Waals surface area contributed by atoms with E-state index in [4.69, 9.17) is 32.0 Å². The molecule has 61 heavy (non-hydrogen) atoms. The van der Waals surface area contributed by atoms with Gasteiger partial charge in [-0.25, -0.2) is 13.8 Å². The molecule has 4 heterocycles. The smallest absolute Gasteiger partial charge is 0.397 e. The van der Waals surface area contributed by atoms with E-state index in [-0.39, 0.29) is 45.1 Å². The van der Waals surface area contributed by atoms with E-state index in [2.05, 4.69) is 26.3 Å². The Kier molecular flexibility index (Phi) is 10.9. The highest BCUT2D eigenvalue weighted by Gasteiger charge is 2.40. The SMILES string of the molecule is C=CC(C)(C)Oc1c2c(c(Oc3c4c(c(C(C)(C)C=C)c5oc(=O)c(C(C)(C)C=C)cc35)OC(C)(C)C=C4)c3oc(=O)c(C(C)(C=C)COS(=O)(=O)O)cc13)OC(C)(C)C=C2. The largest absolute Gasteiger partial charge is 0.483 e. The summed E-state index contributed by atoms with van der Waals surface area (Å²) >= 11 is 0. The Bertz CT molecular complexity index is 2840. The highest BCUT2D eigenvalue weighted by atomic mass is 32.3. The Hall–Kier alpha value is -5.63. The van der Waals surface area contributed by atoms with Gasteiger partial charge in [0.25, 0.3) is 0 Å². The van der Waals surface area contributed by atoms with Gasteiger partial charge in [0.1, 0.15) is 39.6 Å². The summed E-state index contributed by atoms with van der Waals surface area (Å²) in [7, 11) is -4.91. The highest BCUT2D eigenvalue weighted by Crippen LogP contribution is 2.56. The Morgan fingerprint density at radius 1 is 0.689 bits per heavy atom. The van der Waals surface area contributed by atoms with Gasteiger partial charge in [-0.05, 0) is 91.0 Å². The molecular weight excluding hydrogens is 801 g/mol. The van der Waals surface area contributed by atoms with Crippen molar-refractivity contribution < 1.29 is 44.9 Å². The lowest BCUT2D eigenvalue weighted by atomic mass is 9.79. The van der Waals surface area contributed by atoms with Crippen LogP contribution in [0.2, 0.25) is 0 Å². The lowest BCUT2D eigenvalue weighted by Crippen LogP contribution is -2.33. The molecule has 0 radical (unpaired) electrons. The van der Waals surface area contributed by atoms with Crippen LogP contribution in [0.5, 0.6) is 28.7 Å². The number of hydrogen-bond acceptors (Lipinski definition) is 11. The second kappa shape index (κ2) is 14.8. The lowest BCUT2D eigenvalue weighted by molar-refractivity contribution is 0.144. The van der Waals surface area contributed by atoms with Crippen LogP contribution >= 0.6 is 0 Å². The molecule has 13 heteroatoms. The summed E-state index contributed by atoms with van der Waals surface area (Å²) in [6.45, 7) is 35.3. The minimum atomic E-state index is -4.91. The van der Waals surface area contributed by atoms with Crippen LogP contribution in [-0.2, 0) is 30.8 Å². The second-order valence-corrected chi connectivity index (χ2v) is 19.6. The van der Waals surface area contributed by atoms with Gasteiger partial charge in [-0.2, -0.15) is 8.42 Å². The first-order valence-corrected chi connectivity index (χ1v) is 21.1. The number of allylic oxidation sites excluding steroid dienone is 2. The van der Waals surface area contributed by atoms with Crippen LogP contribution < -0.4 is 30.2 Å². The predicted octanol–water partition coefficient (Wildman–Crippen LogP) is 10.6. The molecule has 1 atom stereocenters. The fourth-order valence-electron chi connectivity index (χ4n) is 7.07. The van der Waals surface area contributed by atoms with E-state index in [9.17, 15) is 22.6 Å². The van der Waals surface area contributed by atoms with Crippen molar-refractivity contribution in [3.63, 3.8) is 0 Å². The van der Waals surface area contributed by atoms with E-state index in [0.717, 1.165) is 0 Å². The molecule has 0 saturated heterocycles. The summed E-state index contributed by atoms with van der Waals surface area (Å²) in [5.74, 6) is 0.929. The van der Waals surface area contributed by atoms with Crippen LogP contribution in [0.15, 0.2) is 93.3 Å². The summed E-state index contributed by atoms with van der Waals surface area (Å²) in [6, 6.07) is 3.21. The van der Waals surface area contributed by atoms with E-state index in [1.807, 2.05) is 79.7 Å². The van der Waals surface area contributed by atoms with E-state index < -0.39 is 61.3 Å². The van der Waals surface area contributed by atoms with E-state index in [0.29, 0.717) is 33.4 Å². The van der Waals surface area contributed by atoms with E-state index >= 15 is 0 Å². The van der Waals surface area contributed by atoms with Crippen molar-refractivity contribution in [3.05, 3.63) is 124 Å². The van der Waals surface area contributed by atoms with Gasteiger partial charge in [0.15, 0.2) is 11.3 Å². The summed E-state index contributed by atoms with van der Waals surface area (Å²) < 4.78 is 77.4. The van der Waals surface area contributed by atoms with Crippen LogP contribution in [0.25, 0.3) is 34.1 Å². The lowest BCUT2D eigenvalue weighted by Gasteiger charge is -2.35. The molecule has 0 bridgehead atoms. The zero-order chi connectivity index (χ0) is 45.5. The molecule has 2 aromatic heterocycles. The monoisotopic (exact) mass is 854 g/mol. The molecule has 0 saturated carbocycles. The van der Waals surface area contributed by atoms with Crippen molar-refractivity contribution in [3.8, 4) is 28.7 Å². The van der Waals surface area contributed by atoms with E-state index in [1.54, 1.807) is 38.1 Å². The summed E-state index contributed by atoms with van der Waals surface area (Å²) in [5, 5.41) is 0.615. The predicted molar refractivity (Wildman–Crippen MR) is 239 cm³/mol. The summed E-state index contributed by atoms with van der Waals surface area (Å²) in [5.41, 5.74) is -5.52. The molecular formula is C48H54O12S. The third kappa shape index (κ3) is 8.26. The van der Waals surface area contributed by atoms with Crippen molar-refractivity contribution in [1.82, 2.24) is 0 Å². The van der Waals surface area contributed by atoms with Gasteiger partial charge < -0.3 is 27.8 Å². The topological polar surface area (TPSA) is 161 Å². The fourth-order valence-corrected chi connectivity index (χ4v) is 7.47. The Balaban J connectivity index is 1.83. The van der Waals surface area contributed by atoms with Gasteiger partial charge in [-0.1, -0.05) is 52.5 Å². The number of hydrogen-bond donors (Lipinski definition) is 1. The normalized spacial score (nSPS) is 16.7. The van der Waals surface area contributed by atoms with Gasteiger partial charge in [-0.15, -0.1) is 19.7 Å². The molecule has 2 aliphatic heterocycles. The summed E-state index contributed by atoms with van der Waals surface area (Å²) in [6.07, 6.45) is 13.7. The van der Waals surface area contributed by atoms with Gasteiger partial charge in [0.2, 0.25) is 5.75 Å². The molecule has 4 aromatic rings. The van der Waals surface area contributed by atoms with Crippen molar-refractivity contribution >= 4 is 44.5 Å². The quantitative estimate of drug-likeness (QED) is 0.0727. The van der Waals surface area contributed by atoms with Gasteiger partial charge >= 0.3 is 21.7 Å². The molecule has 0 spiro atoms. The molecule has 2 aliphatic rings. The number of rotatable bonds is 14. The molecule has 0 fully saturated rings. The van der Waals surface area contributed by atoms with Gasteiger partial charge in [-0.3, -0.25) is 4.55 Å². The first-order chi connectivity index (χ1) is 28.0. The van der Waals surface area contributed by atoms with Crippen LogP contribution in [-0.4, -0.2) is 36.4 Å². The average Bonchev–Trinajstić information content (AvgIpc) is 3.16. The van der Waals surface area contributed by atoms with Crippen LogP contribution in [0.1, 0.15) is 104 Å². The maximum Gasteiger partial charge on any atom is 0.397 e. The number of ether oxygens (including phenoxy) is 4. The minimum Gasteiger partial charge on any atom is -0.483 e. The number of benzene rings is 2. The van der Waals surface area contributed by atoms with Crippen molar-refractivity contribution in [1.29, 1.82) is 0 Å². The third-order valence-electron chi connectivity index (χ3n) is 11.3. The zero-order valence-electron chi connectivity index (χ0n) is 36.7. The molecule has 0 amide bonds. The van der Waals surface area contributed by atoms with Crippen LogP contribution in [0, 0.1) is 0 Å². The molecule has 324 valence electrons. The summed E-state index contributed by atoms with van der Waals surface area (Å²) in [4.78, 5) is 28.3. The molecule has 2 aromatic carbocycles. The van der Waals surface area contributed by atoms with Crippen LogP contribution in [0.4, 0.5) is 0 Å². The third-order valence-corrected chi connectivity index (χ3v) is 11.7. The second-order valence-electron chi connectivity index (χ2n) is 18.5. The van der Waals surface area contributed by atoms with Crippen LogP contribution in [0.3, 0.4) is 0 Å². The van der Waals surface area contributed by atoms with E-state index in [1.165, 1.54) is 19.1 Å². The maximum absolute atomic E-state index is 14.3. The van der Waals surface area contributed by atoms with Crippen molar-refractivity contribution in [2.45, 2.75) is 109 Å². The fraction of sp³-hybridized carbons (Fsp3) is 0.375. The van der Waals surface area contributed by atoms with Gasteiger partial charge in [0, 0.05) is 27.4 Å². The molecule has 12 nitrogen and oxygen atoms in total. The molecule has 6 rings (SSSR count). The average molecular weight is 855 g/mol. The Morgan fingerprint density at radius 2 is 1.20 bits per heavy atom. The minimum absolute atomic E-state index is 0.0301. The standard InChI is InChI=1S/C48H54O12S/c1-16-43(5,6)31-24-29-34(27-20-22-46(11,12)59-37(27)33(44(7,8)17-2)36(29)56-41(31)49)55-40-38-30(25-32(42(50)57-38)48(15,19-4)26-54-61(51,52)53)35(58-45(9,10)18-3)28-21-23-47(13,14)60-39(28)40/h16-25H,1-4,26H2,5-15H3,(H,51,52,53). The van der Waals surface area contributed by atoms with Gasteiger partial charge in [0.05, 0.1) is 34.1 Å². The van der Waals surface area contributed by atoms with Crippen molar-refractivity contribution in [2.24, 2.45) is 0 Å². The molecule has 1 unspecified atom stereocenters. The zero-order valence-corrected chi connectivity index (χ0v) is 37.5. The van der Waals surface area contributed by atoms with Crippen molar-refractivity contribution in [2.75, 3.05) is 6.61 Å². The maximum atomic E-state index is 14.3. The molecule has 0 aliphatic carbocycles. The molecule has 1 N–H and O–H groups in total. The first-order valence-electron chi connectivity index (χ1n) is 19.7. The first kappa shape index (κ1) is 44.9. The highest BCUT2D eigenvalue weighted by molar-refractivity contribution is 7.80. The Morgan fingerprint density at radius 3 is 1.74 bits per heavy atom.